The molecule has 0 saturated heterocycles. The molecule has 0 radical (unpaired) electrons. The maximum absolute atomic E-state index is 5.74. The molecule has 0 saturated carbocycles. The van der Waals surface area contributed by atoms with Crippen LogP contribution in [-0.4, -0.2) is 9.97 Å². The molecular weight excluding hydrogens is 248 g/mol. The summed E-state index contributed by atoms with van der Waals surface area (Å²) >= 11 is 0. The van der Waals surface area contributed by atoms with E-state index in [1.165, 1.54) is 5.39 Å². The van der Waals surface area contributed by atoms with E-state index in [1.807, 2.05) is 25.1 Å². The summed E-state index contributed by atoms with van der Waals surface area (Å²) in [5, 5.41) is 2.33. The van der Waals surface area contributed by atoms with Crippen LogP contribution >= 0.6 is 0 Å². The second kappa shape index (κ2) is 5.36. The van der Waals surface area contributed by atoms with E-state index in [1.54, 1.807) is 12.4 Å². The van der Waals surface area contributed by atoms with Gasteiger partial charge < -0.3 is 0 Å². The van der Waals surface area contributed by atoms with E-state index >= 15 is 0 Å². The summed E-state index contributed by atoms with van der Waals surface area (Å²) in [6, 6.07) is 14.2. The Bertz CT molecular complexity index is 717. The number of nitrogens with two attached hydrogens (primary N) is 1. The highest BCUT2D eigenvalue weighted by atomic mass is 15.2. The number of rotatable bonds is 3. The summed E-state index contributed by atoms with van der Waals surface area (Å²) in [6.45, 7) is 1.96. The predicted octanol–water partition coefficient (Wildman–Crippen LogP) is 2.49. The number of aryl methyl sites for hydroxylation is 1. The quantitative estimate of drug-likeness (QED) is 0.563. The Hall–Kier alpha value is -2.30. The van der Waals surface area contributed by atoms with Gasteiger partial charge in [-0.05, 0) is 28.8 Å². The van der Waals surface area contributed by atoms with Crippen LogP contribution in [0.15, 0.2) is 54.9 Å². The number of hydrogen-bond acceptors (Lipinski definition) is 4. The Morgan fingerprint density at radius 1 is 1.00 bits per heavy atom. The van der Waals surface area contributed by atoms with Gasteiger partial charge in [-0.15, -0.1) is 0 Å². The van der Waals surface area contributed by atoms with Gasteiger partial charge in [0.1, 0.15) is 6.04 Å². The van der Waals surface area contributed by atoms with Gasteiger partial charge in [0.15, 0.2) is 5.82 Å². The van der Waals surface area contributed by atoms with Crippen molar-refractivity contribution in [3.05, 3.63) is 71.8 Å². The number of benzene rings is 2. The van der Waals surface area contributed by atoms with E-state index in [0.29, 0.717) is 5.82 Å². The van der Waals surface area contributed by atoms with Gasteiger partial charge in [-0.25, -0.2) is 15.4 Å². The van der Waals surface area contributed by atoms with Crippen molar-refractivity contribution in [2.75, 3.05) is 0 Å². The lowest BCUT2D eigenvalue weighted by atomic mass is 9.98. The number of nitrogens with zero attached hydrogens (tertiary/aromatic N) is 2. The van der Waals surface area contributed by atoms with Crippen molar-refractivity contribution in [2.24, 2.45) is 5.84 Å². The van der Waals surface area contributed by atoms with Gasteiger partial charge in [-0.2, -0.15) is 0 Å². The molecule has 3 aromatic rings. The summed E-state index contributed by atoms with van der Waals surface area (Å²) in [7, 11) is 0. The molecule has 100 valence electrons. The highest BCUT2D eigenvalue weighted by Gasteiger charge is 2.17. The fraction of sp³-hybridized carbons (Fsp3) is 0.125. The normalized spacial score (nSPS) is 12.5. The molecule has 20 heavy (non-hydrogen) atoms. The number of nitrogens with one attached hydrogen (secondary N) is 1. The zero-order chi connectivity index (χ0) is 13.9. The average molecular weight is 264 g/mol. The molecule has 4 heteroatoms. The molecule has 3 rings (SSSR count). The number of hydrogen-bond donors (Lipinski definition) is 2. The van der Waals surface area contributed by atoms with Crippen molar-refractivity contribution in [1.29, 1.82) is 0 Å². The van der Waals surface area contributed by atoms with Crippen molar-refractivity contribution in [3.8, 4) is 0 Å². The van der Waals surface area contributed by atoms with E-state index in [4.69, 9.17) is 5.84 Å². The highest BCUT2D eigenvalue weighted by Crippen LogP contribution is 2.26. The predicted molar refractivity (Wildman–Crippen MR) is 79.9 cm³/mol. The first-order chi connectivity index (χ1) is 9.79. The molecule has 0 spiro atoms. The molecule has 0 amide bonds. The maximum Gasteiger partial charge on any atom is 0.150 e. The van der Waals surface area contributed by atoms with Crippen LogP contribution in [0.2, 0.25) is 0 Å². The Labute approximate surface area is 117 Å². The van der Waals surface area contributed by atoms with Crippen molar-refractivity contribution < 1.29 is 0 Å². The molecule has 2 aromatic carbocycles. The van der Waals surface area contributed by atoms with Crippen molar-refractivity contribution >= 4 is 10.8 Å². The summed E-state index contributed by atoms with van der Waals surface area (Å²) in [4.78, 5) is 8.76. The zero-order valence-electron chi connectivity index (χ0n) is 11.2. The third-order valence-corrected chi connectivity index (χ3v) is 3.36. The van der Waals surface area contributed by atoms with Gasteiger partial charge in [-0.1, -0.05) is 42.5 Å². The summed E-state index contributed by atoms with van der Waals surface area (Å²) in [6.07, 6.45) is 3.61. The molecule has 4 nitrogen and oxygen atoms in total. The SMILES string of the molecule is Cc1cnc(C(NN)c2cccc3ccccc23)nc1. The molecule has 0 fully saturated rings. The van der Waals surface area contributed by atoms with Gasteiger partial charge in [0.25, 0.3) is 0 Å². The topological polar surface area (TPSA) is 63.8 Å². The van der Waals surface area contributed by atoms with Crippen LogP contribution in [0.1, 0.15) is 23.0 Å². The van der Waals surface area contributed by atoms with Crippen LogP contribution in [0.5, 0.6) is 0 Å². The number of aromatic nitrogens is 2. The minimum Gasteiger partial charge on any atom is -0.270 e. The number of hydrazine groups is 1. The standard InChI is InChI=1S/C16H16N4/c1-11-9-18-16(19-10-11)15(20-17)14-8-4-6-12-5-2-3-7-13(12)14/h2-10,15,20H,17H2,1H3. The third-order valence-electron chi connectivity index (χ3n) is 3.36. The van der Waals surface area contributed by atoms with Crippen LogP contribution < -0.4 is 11.3 Å². The Morgan fingerprint density at radius 2 is 1.70 bits per heavy atom. The summed E-state index contributed by atoms with van der Waals surface area (Å²) in [5.41, 5.74) is 4.93. The van der Waals surface area contributed by atoms with E-state index < -0.39 is 0 Å². The van der Waals surface area contributed by atoms with Crippen molar-refractivity contribution in [3.63, 3.8) is 0 Å². The number of fused-ring (bicyclic) bond motifs is 1. The first-order valence-electron chi connectivity index (χ1n) is 6.52. The Morgan fingerprint density at radius 3 is 2.45 bits per heavy atom. The van der Waals surface area contributed by atoms with Gasteiger partial charge >= 0.3 is 0 Å². The lowest BCUT2D eigenvalue weighted by molar-refractivity contribution is 0.604. The Kier molecular flexibility index (Phi) is 3.41. The second-order valence-corrected chi connectivity index (χ2v) is 4.79. The molecule has 1 aromatic heterocycles. The minimum atomic E-state index is -0.221. The lowest BCUT2D eigenvalue weighted by Crippen LogP contribution is -2.30. The first kappa shape index (κ1) is 12.7. The third kappa shape index (κ3) is 2.27. The molecule has 0 aliphatic rings. The minimum absolute atomic E-state index is 0.221. The van der Waals surface area contributed by atoms with E-state index in [0.717, 1.165) is 16.5 Å². The van der Waals surface area contributed by atoms with Crippen LogP contribution in [0.4, 0.5) is 0 Å². The molecule has 3 N–H and O–H groups in total. The molecule has 1 unspecified atom stereocenters. The largest absolute Gasteiger partial charge is 0.270 e. The van der Waals surface area contributed by atoms with Gasteiger partial charge in [0, 0.05) is 12.4 Å². The smallest absolute Gasteiger partial charge is 0.150 e. The monoisotopic (exact) mass is 264 g/mol. The molecular formula is C16H16N4. The average Bonchev–Trinajstić information content (AvgIpc) is 2.50. The fourth-order valence-electron chi connectivity index (χ4n) is 2.36. The molecule has 0 bridgehead atoms. The summed E-state index contributed by atoms with van der Waals surface area (Å²) < 4.78 is 0. The molecule has 1 heterocycles. The van der Waals surface area contributed by atoms with Crippen LogP contribution in [-0.2, 0) is 0 Å². The molecule has 1 atom stereocenters. The van der Waals surface area contributed by atoms with E-state index in [-0.39, 0.29) is 6.04 Å². The van der Waals surface area contributed by atoms with Crippen LogP contribution in [0.25, 0.3) is 10.8 Å². The van der Waals surface area contributed by atoms with Crippen LogP contribution in [0, 0.1) is 6.92 Å². The van der Waals surface area contributed by atoms with E-state index in [2.05, 4.69) is 39.7 Å². The zero-order valence-corrected chi connectivity index (χ0v) is 11.2. The Balaban J connectivity index is 2.14. The lowest BCUT2D eigenvalue weighted by Gasteiger charge is -2.17. The molecule has 0 aliphatic carbocycles. The summed E-state index contributed by atoms with van der Waals surface area (Å²) in [5.74, 6) is 6.41. The maximum atomic E-state index is 5.74. The van der Waals surface area contributed by atoms with Gasteiger partial charge in [0.2, 0.25) is 0 Å². The van der Waals surface area contributed by atoms with Gasteiger partial charge in [0.05, 0.1) is 0 Å². The van der Waals surface area contributed by atoms with Crippen LogP contribution in [0.3, 0.4) is 0 Å². The van der Waals surface area contributed by atoms with Crippen molar-refractivity contribution in [1.82, 2.24) is 15.4 Å². The first-order valence-corrected chi connectivity index (χ1v) is 6.52. The van der Waals surface area contributed by atoms with E-state index in [9.17, 15) is 0 Å². The second-order valence-electron chi connectivity index (χ2n) is 4.79. The van der Waals surface area contributed by atoms with Gasteiger partial charge in [-0.3, -0.25) is 5.84 Å². The molecule has 0 aliphatic heterocycles. The van der Waals surface area contributed by atoms with Crippen molar-refractivity contribution in [2.45, 2.75) is 13.0 Å². The fourth-order valence-corrected chi connectivity index (χ4v) is 2.36. The highest BCUT2D eigenvalue weighted by molar-refractivity contribution is 5.86.